The molecule has 0 aliphatic carbocycles. The molecule has 1 saturated heterocycles. The number of hydrogen-bond donors (Lipinski definition) is 1. The van der Waals surface area contributed by atoms with Crippen molar-refractivity contribution in [1.29, 1.82) is 0 Å². The zero-order valence-electron chi connectivity index (χ0n) is 12.0. The van der Waals surface area contributed by atoms with Crippen molar-refractivity contribution in [3.8, 4) is 0 Å². The maximum absolute atomic E-state index is 3.42. The predicted octanol–water partition coefficient (Wildman–Crippen LogP) is 2.03. The van der Waals surface area contributed by atoms with E-state index in [2.05, 4.69) is 61.3 Å². The molecular weight excluding hydrogens is 222 g/mol. The van der Waals surface area contributed by atoms with Crippen LogP contribution in [0.2, 0.25) is 0 Å². The van der Waals surface area contributed by atoms with Crippen molar-refractivity contribution in [3.63, 3.8) is 0 Å². The zero-order valence-corrected chi connectivity index (χ0v) is 12.0. The Morgan fingerprint density at radius 3 is 2.50 bits per heavy atom. The first kappa shape index (κ1) is 13.4. The summed E-state index contributed by atoms with van der Waals surface area (Å²) in [5, 5.41) is 3.42. The first-order valence-electron chi connectivity index (χ1n) is 6.82. The quantitative estimate of drug-likeness (QED) is 0.881. The Morgan fingerprint density at radius 2 is 1.89 bits per heavy atom. The molecule has 0 bridgehead atoms. The van der Waals surface area contributed by atoms with Gasteiger partial charge in [0.2, 0.25) is 0 Å². The van der Waals surface area contributed by atoms with Crippen molar-refractivity contribution >= 4 is 5.69 Å². The first-order chi connectivity index (χ1) is 8.59. The predicted molar refractivity (Wildman–Crippen MR) is 78.4 cm³/mol. The molecule has 1 aromatic rings. The summed E-state index contributed by atoms with van der Waals surface area (Å²) in [6.45, 7) is 8.99. The minimum absolute atomic E-state index is 0.490. The van der Waals surface area contributed by atoms with Gasteiger partial charge in [-0.3, -0.25) is 4.90 Å². The number of hydrogen-bond acceptors (Lipinski definition) is 3. The number of nitrogens with zero attached hydrogens (tertiary/aromatic N) is 2. The molecule has 3 heteroatoms. The van der Waals surface area contributed by atoms with Crippen LogP contribution in [-0.4, -0.2) is 45.2 Å². The summed E-state index contributed by atoms with van der Waals surface area (Å²) in [6.07, 6.45) is 0. The van der Waals surface area contributed by atoms with E-state index in [1.165, 1.54) is 16.8 Å². The molecule has 18 heavy (non-hydrogen) atoms. The van der Waals surface area contributed by atoms with Crippen LogP contribution < -0.4 is 10.2 Å². The van der Waals surface area contributed by atoms with Gasteiger partial charge in [-0.2, -0.15) is 0 Å². The van der Waals surface area contributed by atoms with Crippen molar-refractivity contribution in [2.45, 2.75) is 19.9 Å². The van der Waals surface area contributed by atoms with Crippen LogP contribution in [0.3, 0.4) is 0 Å². The van der Waals surface area contributed by atoms with E-state index in [-0.39, 0.29) is 0 Å². The molecule has 1 N–H and O–H groups in total. The SMILES string of the molecule is Cc1ccc(N(C)C)c(C(C)N2CCNCC2)c1. The Balaban J connectivity index is 2.27. The molecule has 1 aromatic carbocycles. The van der Waals surface area contributed by atoms with Gasteiger partial charge in [-0.05, 0) is 25.5 Å². The van der Waals surface area contributed by atoms with Gasteiger partial charge in [-0.1, -0.05) is 17.7 Å². The van der Waals surface area contributed by atoms with Crippen LogP contribution in [0.1, 0.15) is 24.1 Å². The lowest BCUT2D eigenvalue weighted by atomic mass is 10.0. The van der Waals surface area contributed by atoms with Crippen molar-refractivity contribution in [1.82, 2.24) is 10.2 Å². The van der Waals surface area contributed by atoms with Crippen LogP contribution in [0, 0.1) is 6.92 Å². The molecule has 0 radical (unpaired) electrons. The third-order valence-corrected chi connectivity index (χ3v) is 3.81. The number of benzene rings is 1. The van der Waals surface area contributed by atoms with E-state index < -0.39 is 0 Å². The molecule has 1 atom stereocenters. The minimum Gasteiger partial charge on any atom is -0.377 e. The second kappa shape index (κ2) is 5.72. The molecular formula is C15H25N3. The molecule has 3 nitrogen and oxygen atoms in total. The van der Waals surface area contributed by atoms with E-state index in [9.17, 15) is 0 Å². The van der Waals surface area contributed by atoms with Crippen molar-refractivity contribution in [2.75, 3.05) is 45.2 Å². The number of piperazine rings is 1. The minimum atomic E-state index is 0.490. The monoisotopic (exact) mass is 247 g/mol. The summed E-state index contributed by atoms with van der Waals surface area (Å²) in [4.78, 5) is 4.78. The van der Waals surface area contributed by atoms with Crippen molar-refractivity contribution < 1.29 is 0 Å². The van der Waals surface area contributed by atoms with Gasteiger partial charge in [0.1, 0.15) is 0 Å². The fraction of sp³-hybridized carbons (Fsp3) is 0.600. The Kier molecular flexibility index (Phi) is 4.25. The fourth-order valence-electron chi connectivity index (χ4n) is 2.68. The summed E-state index contributed by atoms with van der Waals surface area (Å²) in [5.74, 6) is 0. The molecule has 0 saturated carbocycles. The fourth-order valence-corrected chi connectivity index (χ4v) is 2.68. The first-order valence-corrected chi connectivity index (χ1v) is 6.82. The van der Waals surface area contributed by atoms with Gasteiger partial charge >= 0.3 is 0 Å². The zero-order chi connectivity index (χ0) is 13.1. The number of aryl methyl sites for hydroxylation is 1. The van der Waals surface area contributed by atoms with Crippen LogP contribution in [-0.2, 0) is 0 Å². The standard InChI is InChI=1S/C15H25N3/c1-12-5-6-15(17(3)4)14(11-12)13(2)18-9-7-16-8-10-18/h5-6,11,13,16H,7-10H2,1-4H3. The molecule has 0 amide bonds. The lowest BCUT2D eigenvalue weighted by Gasteiger charge is -2.35. The highest BCUT2D eigenvalue weighted by Gasteiger charge is 2.20. The maximum Gasteiger partial charge on any atom is 0.0409 e. The normalized spacial score (nSPS) is 18.7. The molecule has 100 valence electrons. The smallest absolute Gasteiger partial charge is 0.0409 e. The molecule has 1 aliphatic heterocycles. The van der Waals surface area contributed by atoms with E-state index >= 15 is 0 Å². The average Bonchev–Trinajstić information content (AvgIpc) is 2.38. The number of rotatable bonds is 3. The summed E-state index contributed by atoms with van der Waals surface area (Å²) in [6, 6.07) is 7.26. The Morgan fingerprint density at radius 1 is 1.22 bits per heavy atom. The Labute approximate surface area is 111 Å². The highest BCUT2D eigenvalue weighted by Crippen LogP contribution is 2.30. The third kappa shape index (κ3) is 2.85. The summed E-state index contributed by atoms with van der Waals surface area (Å²) in [7, 11) is 4.25. The molecule has 1 aliphatic rings. The van der Waals surface area contributed by atoms with Crippen molar-refractivity contribution in [3.05, 3.63) is 29.3 Å². The lowest BCUT2D eigenvalue weighted by Crippen LogP contribution is -2.44. The third-order valence-electron chi connectivity index (χ3n) is 3.81. The van der Waals surface area contributed by atoms with Gasteiger partial charge in [0.25, 0.3) is 0 Å². The van der Waals surface area contributed by atoms with Crippen LogP contribution in [0.4, 0.5) is 5.69 Å². The van der Waals surface area contributed by atoms with Gasteiger partial charge < -0.3 is 10.2 Å². The number of nitrogens with one attached hydrogen (secondary N) is 1. The molecule has 1 heterocycles. The molecule has 0 aromatic heterocycles. The van der Waals surface area contributed by atoms with Crippen LogP contribution in [0.15, 0.2) is 18.2 Å². The molecule has 1 fully saturated rings. The molecule has 0 spiro atoms. The largest absolute Gasteiger partial charge is 0.377 e. The highest BCUT2D eigenvalue weighted by atomic mass is 15.2. The van der Waals surface area contributed by atoms with Crippen LogP contribution in [0.5, 0.6) is 0 Å². The summed E-state index contributed by atoms with van der Waals surface area (Å²) in [5.41, 5.74) is 4.13. The summed E-state index contributed by atoms with van der Waals surface area (Å²) >= 11 is 0. The van der Waals surface area contributed by atoms with Gasteiger partial charge in [0.05, 0.1) is 0 Å². The van der Waals surface area contributed by atoms with Crippen molar-refractivity contribution in [2.24, 2.45) is 0 Å². The highest BCUT2D eigenvalue weighted by molar-refractivity contribution is 5.55. The van der Waals surface area contributed by atoms with E-state index in [1.54, 1.807) is 0 Å². The van der Waals surface area contributed by atoms with Crippen LogP contribution >= 0.6 is 0 Å². The average molecular weight is 247 g/mol. The number of anilines is 1. The van der Waals surface area contributed by atoms with E-state index in [0.717, 1.165) is 26.2 Å². The molecule has 2 rings (SSSR count). The van der Waals surface area contributed by atoms with E-state index in [4.69, 9.17) is 0 Å². The van der Waals surface area contributed by atoms with E-state index in [0.29, 0.717) is 6.04 Å². The van der Waals surface area contributed by atoms with Crippen LogP contribution in [0.25, 0.3) is 0 Å². The van der Waals surface area contributed by atoms with Gasteiger partial charge in [-0.15, -0.1) is 0 Å². The Hall–Kier alpha value is -1.06. The lowest BCUT2D eigenvalue weighted by molar-refractivity contribution is 0.186. The van der Waals surface area contributed by atoms with Gasteiger partial charge in [0.15, 0.2) is 0 Å². The second-order valence-corrected chi connectivity index (χ2v) is 5.42. The second-order valence-electron chi connectivity index (χ2n) is 5.42. The van der Waals surface area contributed by atoms with Gasteiger partial charge in [-0.25, -0.2) is 0 Å². The Bertz CT molecular complexity index is 395. The summed E-state index contributed by atoms with van der Waals surface area (Å²) < 4.78 is 0. The van der Waals surface area contributed by atoms with E-state index in [1.807, 2.05) is 0 Å². The molecule has 1 unspecified atom stereocenters. The topological polar surface area (TPSA) is 18.5 Å². The van der Waals surface area contributed by atoms with Gasteiger partial charge in [0, 0.05) is 52.0 Å². The maximum atomic E-state index is 3.42.